The molecule has 2 aromatic carbocycles. The largest absolute Gasteiger partial charge is 0.465 e. The molecule has 1 N–H and O–H groups in total. The van der Waals surface area contributed by atoms with Crippen molar-refractivity contribution in [3.8, 4) is 23.3 Å². The molecule has 6 rings (SSSR count). The van der Waals surface area contributed by atoms with E-state index in [1.54, 1.807) is 0 Å². The molecule has 10 nitrogen and oxygen atoms in total. The summed E-state index contributed by atoms with van der Waals surface area (Å²) in [5.74, 6) is -0.301. The molecular weight excluding hydrogens is 556 g/mol. The van der Waals surface area contributed by atoms with Crippen molar-refractivity contribution in [2.45, 2.75) is 38.0 Å². The van der Waals surface area contributed by atoms with E-state index in [0.717, 1.165) is 16.3 Å². The number of piperazine rings is 1. The molecule has 4 heterocycles. The number of carbonyl (C=O) groups is 1. The van der Waals surface area contributed by atoms with E-state index in [1.165, 1.54) is 11.1 Å². The second-order valence-electron chi connectivity index (χ2n) is 11.2. The maximum absolute atomic E-state index is 16.5. The van der Waals surface area contributed by atoms with E-state index < -0.39 is 24.1 Å². The van der Waals surface area contributed by atoms with Gasteiger partial charge >= 0.3 is 12.1 Å². The number of likely N-dealkylation sites (N-methyl/N-ethyl adjacent to an activating group) is 1. The first-order valence-electron chi connectivity index (χ1n) is 14.2. The van der Waals surface area contributed by atoms with Gasteiger partial charge in [-0.3, -0.25) is 9.88 Å². The lowest BCUT2D eigenvalue weighted by atomic mass is 9.97. The number of benzene rings is 2. The Balaban J connectivity index is 1.46. The summed E-state index contributed by atoms with van der Waals surface area (Å²) >= 11 is 0. The molecule has 2 aliphatic heterocycles. The number of aryl methyl sites for hydroxylation is 1. The van der Waals surface area contributed by atoms with Crippen LogP contribution in [0.15, 0.2) is 42.6 Å². The average molecular weight is 588 g/mol. The van der Waals surface area contributed by atoms with Gasteiger partial charge in [-0.2, -0.15) is 15.2 Å². The minimum Gasteiger partial charge on any atom is -0.465 e. The van der Waals surface area contributed by atoms with E-state index in [0.29, 0.717) is 29.7 Å². The van der Waals surface area contributed by atoms with Crippen LogP contribution in [0.5, 0.6) is 6.01 Å². The van der Waals surface area contributed by atoms with Crippen molar-refractivity contribution < 1.29 is 23.4 Å². The quantitative estimate of drug-likeness (QED) is 0.339. The summed E-state index contributed by atoms with van der Waals surface area (Å²) in [6, 6.07) is 12.7. The number of hydrogen-bond acceptors (Lipinski definition) is 8. The molecule has 0 radical (unpaired) electrons. The highest BCUT2D eigenvalue weighted by Gasteiger charge is 2.33. The Morgan fingerprint density at radius 1 is 1.16 bits per heavy atom. The summed E-state index contributed by atoms with van der Waals surface area (Å²) in [6.45, 7) is 2.96. The molecule has 12 heteroatoms. The van der Waals surface area contributed by atoms with Crippen LogP contribution in [0.25, 0.3) is 32.9 Å². The molecule has 4 aromatic rings. The Morgan fingerprint density at radius 3 is 2.67 bits per heavy atom. The standard InChI is InChI=1S/C31H31F2N7O3/c1-18-5-3-6-19-7-4-8-23(25(18)19)27-26(33)28-24(14-35-27)29(39-11-12-40(31(41)42)21(16-39)9-10-34)37-30(36-28)43-17-22-13-20(32)15-38(22)2/h3-8,14,20-22H,9,11-13,15-17H2,1-2H3,(H,41,42)/t20-,21+,22+/m1/s1. The average Bonchev–Trinajstić information content (AvgIpc) is 3.32. The Labute approximate surface area is 247 Å². The zero-order chi connectivity index (χ0) is 30.2. The second kappa shape index (κ2) is 11.6. The SMILES string of the molecule is Cc1cccc2cccc(-c3ncc4c(N5CCN(C(=O)O)[C@@H](CC#N)C5)nc(OC[C@@H]5C[C@@H](F)CN5C)nc4c3F)c12. The first-order chi connectivity index (χ1) is 20.7. The van der Waals surface area contributed by atoms with E-state index in [4.69, 9.17) is 4.74 Å². The van der Waals surface area contributed by atoms with Gasteiger partial charge in [-0.25, -0.2) is 13.6 Å². The Morgan fingerprint density at radius 2 is 1.95 bits per heavy atom. The fraction of sp³-hybridized carbons (Fsp3) is 0.387. The van der Waals surface area contributed by atoms with Gasteiger partial charge in [0.25, 0.3) is 0 Å². The number of rotatable bonds is 6. The summed E-state index contributed by atoms with van der Waals surface area (Å²) in [4.78, 5) is 30.4. The summed E-state index contributed by atoms with van der Waals surface area (Å²) in [5.41, 5.74) is 1.75. The second-order valence-corrected chi connectivity index (χ2v) is 11.2. The van der Waals surface area contributed by atoms with Crippen LogP contribution in [0.3, 0.4) is 0 Å². The first-order valence-corrected chi connectivity index (χ1v) is 14.2. The number of amides is 1. The van der Waals surface area contributed by atoms with Crippen molar-refractivity contribution in [1.82, 2.24) is 24.8 Å². The fourth-order valence-corrected chi connectivity index (χ4v) is 6.20. The van der Waals surface area contributed by atoms with Crippen LogP contribution < -0.4 is 9.64 Å². The topological polar surface area (TPSA) is 119 Å². The normalized spacial score (nSPS) is 21.0. The number of halogens is 2. The molecular formula is C31H31F2N7O3. The number of likely N-dealkylation sites (tertiary alicyclic amines) is 1. The number of nitrogens with zero attached hydrogens (tertiary/aromatic N) is 7. The fourth-order valence-electron chi connectivity index (χ4n) is 6.20. The van der Waals surface area contributed by atoms with E-state index in [-0.39, 0.29) is 55.9 Å². The third-order valence-corrected chi connectivity index (χ3v) is 8.41. The van der Waals surface area contributed by atoms with Crippen molar-refractivity contribution in [3.63, 3.8) is 0 Å². The van der Waals surface area contributed by atoms with Crippen molar-refractivity contribution in [2.75, 3.05) is 44.7 Å². The molecule has 0 aliphatic carbocycles. The molecule has 2 fully saturated rings. The van der Waals surface area contributed by atoms with Gasteiger partial charge < -0.3 is 19.6 Å². The van der Waals surface area contributed by atoms with Crippen LogP contribution in [-0.4, -0.2) is 94.0 Å². The van der Waals surface area contributed by atoms with E-state index in [2.05, 4.69) is 21.0 Å². The highest BCUT2D eigenvalue weighted by molar-refractivity contribution is 6.00. The maximum atomic E-state index is 16.5. The van der Waals surface area contributed by atoms with Gasteiger partial charge in [-0.15, -0.1) is 0 Å². The summed E-state index contributed by atoms with van der Waals surface area (Å²) in [5, 5.41) is 21.2. The van der Waals surface area contributed by atoms with Gasteiger partial charge in [0.2, 0.25) is 0 Å². The van der Waals surface area contributed by atoms with E-state index in [1.807, 2.05) is 60.2 Å². The zero-order valence-corrected chi connectivity index (χ0v) is 23.9. The van der Waals surface area contributed by atoms with Crippen LogP contribution in [0.1, 0.15) is 18.4 Å². The number of fused-ring (bicyclic) bond motifs is 2. The van der Waals surface area contributed by atoms with Crippen molar-refractivity contribution >= 4 is 33.6 Å². The lowest BCUT2D eigenvalue weighted by Gasteiger charge is -2.39. The highest BCUT2D eigenvalue weighted by Crippen LogP contribution is 2.36. The molecule has 0 saturated carbocycles. The van der Waals surface area contributed by atoms with Crippen molar-refractivity contribution in [2.24, 2.45) is 0 Å². The molecule has 1 amide bonds. The van der Waals surface area contributed by atoms with Crippen LogP contribution in [0.2, 0.25) is 0 Å². The number of aromatic nitrogens is 3. The Bertz CT molecular complexity index is 1740. The lowest BCUT2D eigenvalue weighted by molar-refractivity contribution is 0.119. The minimum atomic E-state index is -1.11. The monoisotopic (exact) mass is 587 g/mol. The molecule has 43 heavy (non-hydrogen) atoms. The first kappa shape index (κ1) is 28.5. The third-order valence-electron chi connectivity index (χ3n) is 8.41. The van der Waals surface area contributed by atoms with Crippen LogP contribution in [0, 0.1) is 24.1 Å². The molecule has 3 atom stereocenters. The third kappa shape index (κ3) is 5.36. The molecule has 0 unspecified atom stereocenters. The van der Waals surface area contributed by atoms with Crippen molar-refractivity contribution in [1.29, 1.82) is 5.26 Å². The van der Waals surface area contributed by atoms with Gasteiger partial charge in [0.15, 0.2) is 5.82 Å². The lowest BCUT2D eigenvalue weighted by Crippen LogP contribution is -2.55. The van der Waals surface area contributed by atoms with Gasteiger partial charge in [0.1, 0.15) is 29.8 Å². The smallest absolute Gasteiger partial charge is 0.407 e. The molecule has 0 spiro atoms. The van der Waals surface area contributed by atoms with Gasteiger partial charge in [0.05, 0.1) is 23.9 Å². The number of pyridine rings is 1. The van der Waals surface area contributed by atoms with E-state index in [9.17, 15) is 19.6 Å². The van der Waals surface area contributed by atoms with Gasteiger partial charge in [0, 0.05) is 44.0 Å². The maximum Gasteiger partial charge on any atom is 0.407 e. The van der Waals surface area contributed by atoms with Crippen LogP contribution in [0.4, 0.5) is 19.4 Å². The molecule has 2 saturated heterocycles. The zero-order valence-electron chi connectivity index (χ0n) is 23.9. The number of hydrogen-bond donors (Lipinski definition) is 1. The van der Waals surface area contributed by atoms with Crippen molar-refractivity contribution in [3.05, 3.63) is 54.0 Å². The summed E-state index contributed by atoms with van der Waals surface area (Å²) < 4.78 is 36.5. The number of alkyl halides is 1. The number of ether oxygens (including phenoxy) is 1. The molecule has 2 aromatic heterocycles. The Hall–Kier alpha value is -4.63. The van der Waals surface area contributed by atoms with Gasteiger partial charge in [-0.05, 0) is 36.7 Å². The van der Waals surface area contributed by atoms with Gasteiger partial charge in [-0.1, -0.05) is 36.4 Å². The molecule has 0 bridgehead atoms. The minimum absolute atomic E-state index is 0.00915. The Kier molecular flexibility index (Phi) is 7.66. The number of carboxylic acid groups (broad SMARTS) is 1. The van der Waals surface area contributed by atoms with Crippen LogP contribution >= 0.6 is 0 Å². The predicted octanol–water partition coefficient (Wildman–Crippen LogP) is 4.80. The molecule has 222 valence electrons. The predicted molar refractivity (Wildman–Crippen MR) is 157 cm³/mol. The highest BCUT2D eigenvalue weighted by atomic mass is 19.1. The van der Waals surface area contributed by atoms with E-state index >= 15 is 4.39 Å². The van der Waals surface area contributed by atoms with Crippen LogP contribution in [-0.2, 0) is 0 Å². The summed E-state index contributed by atoms with van der Waals surface area (Å²) in [7, 11) is 1.82. The number of nitriles is 1. The number of anilines is 1. The summed E-state index contributed by atoms with van der Waals surface area (Å²) in [6.07, 6.45) is -0.224. The molecule has 2 aliphatic rings.